The molecule has 2 rings (SSSR count). The first-order chi connectivity index (χ1) is 6.88. The molecule has 2 N–H and O–H groups in total. The lowest BCUT2D eigenvalue weighted by Crippen LogP contribution is -2.34. The van der Waals surface area contributed by atoms with E-state index in [1.807, 2.05) is 5.32 Å². The van der Waals surface area contributed by atoms with E-state index in [1.54, 1.807) is 0 Å². The highest BCUT2D eigenvalue weighted by atomic mass is 32.2. The number of hydrogen-bond acceptors (Lipinski definition) is 4. The number of rotatable bonds is 1. The second-order valence-corrected chi connectivity index (χ2v) is 4.43. The van der Waals surface area contributed by atoms with Gasteiger partial charge < -0.3 is 0 Å². The first-order valence-electron chi connectivity index (χ1n) is 3.86. The summed E-state index contributed by atoms with van der Waals surface area (Å²) in [5, 5.41) is 2.02. The van der Waals surface area contributed by atoms with Crippen LogP contribution in [0.15, 0.2) is 23.1 Å². The molecule has 0 aliphatic carbocycles. The number of amides is 2. The Labute approximate surface area is 84.7 Å². The maximum absolute atomic E-state index is 11.1. The first kappa shape index (κ1) is 9.81. The molecular formula is C8H5NO5S. The molecule has 0 saturated heterocycles. The van der Waals surface area contributed by atoms with Crippen LogP contribution in [-0.2, 0) is 10.1 Å². The van der Waals surface area contributed by atoms with Gasteiger partial charge in [0.05, 0.1) is 4.90 Å². The number of hydrogen-bond donors (Lipinski definition) is 2. The van der Waals surface area contributed by atoms with Crippen LogP contribution in [0.25, 0.3) is 0 Å². The van der Waals surface area contributed by atoms with Crippen molar-refractivity contribution in [1.29, 1.82) is 0 Å². The van der Waals surface area contributed by atoms with Gasteiger partial charge in [-0.3, -0.25) is 19.5 Å². The van der Waals surface area contributed by atoms with Crippen LogP contribution in [-0.4, -0.2) is 24.8 Å². The van der Waals surface area contributed by atoms with Crippen molar-refractivity contribution < 1.29 is 22.6 Å². The van der Waals surface area contributed by atoms with Crippen molar-refractivity contribution in [2.75, 3.05) is 0 Å². The molecule has 1 aliphatic heterocycles. The van der Waals surface area contributed by atoms with E-state index >= 15 is 0 Å². The number of nitrogens with one attached hydrogen (secondary N) is 1. The molecule has 78 valence electrons. The smallest absolute Gasteiger partial charge is 0.288 e. The fourth-order valence-electron chi connectivity index (χ4n) is 1.26. The molecule has 1 aliphatic rings. The summed E-state index contributed by atoms with van der Waals surface area (Å²) in [5.74, 6) is -1.36. The van der Waals surface area contributed by atoms with Gasteiger partial charge in [-0.05, 0) is 18.2 Å². The van der Waals surface area contributed by atoms with E-state index in [1.165, 1.54) is 6.07 Å². The van der Waals surface area contributed by atoms with Crippen LogP contribution >= 0.6 is 0 Å². The molecule has 6 nitrogen and oxygen atoms in total. The summed E-state index contributed by atoms with van der Waals surface area (Å²) >= 11 is 0. The summed E-state index contributed by atoms with van der Waals surface area (Å²) in [6.07, 6.45) is 0. The SMILES string of the molecule is O=C1NC(=O)c2cc1cc(S(=O)(=O)O)c2. The van der Waals surface area contributed by atoms with Crippen molar-refractivity contribution >= 4 is 21.9 Å². The maximum Gasteiger partial charge on any atom is 0.294 e. The van der Waals surface area contributed by atoms with Crippen molar-refractivity contribution in [3.63, 3.8) is 0 Å². The van der Waals surface area contributed by atoms with Gasteiger partial charge in [0.2, 0.25) is 0 Å². The Morgan fingerprint density at radius 2 is 1.47 bits per heavy atom. The number of fused-ring (bicyclic) bond motifs is 2. The van der Waals surface area contributed by atoms with Crippen molar-refractivity contribution in [3.8, 4) is 0 Å². The van der Waals surface area contributed by atoms with Gasteiger partial charge in [-0.25, -0.2) is 0 Å². The predicted molar refractivity (Wildman–Crippen MR) is 48.1 cm³/mol. The van der Waals surface area contributed by atoms with E-state index < -0.39 is 26.8 Å². The second-order valence-electron chi connectivity index (χ2n) is 3.00. The average molecular weight is 227 g/mol. The minimum Gasteiger partial charge on any atom is -0.288 e. The highest BCUT2D eigenvalue weighted by Crippen LogP contribution is 2.18. The van der Waals surface area contributed by atoms with Crippen LogP contribution in [0, 0.1) is 0 Å². The van der Waals surface area contributed by atoms with Crippen molar-refractivity contribution in [3.05, 3.63) is 29.3 Å². The number of carbonyl (C=O) groups is 2. The number of carbonyl (C=O) groups excluding carboxylic acids is 2. The molecule has 0 spiro atoms. The van der Waals surface area contributed by atoms with Gasteiger partial charge in [0, 0.05) is 11.1 Å². The molecule has 1 aromatic carbocycles. The summed E-state index contributed by atoms with van der Waals surface area (Å²) in [6.45, 7) is 0. The lowest BCUT2D eigenvalue weighted by atomic mass is 10.1. The normalized spacial score (nSPS) is 15.0. The summed E-state index contributed by atoms with van der Waals surface area (Å²) in [6, 6.07) is 3.26. The molecule has 1 aromatic rings. The van der Waals surface area contributed by atoms with E-state index in [0.717, 1.165) is 12.1 Å². The zero-order valence-electron chi connectivity index (χ0n) is 7.22. The van der Waals surface area contributed by atoms with Gasteiger partial charge in [-0.2, -0.15) is 8.42 Å². The van der Waals surface area contributed by atoms with Crippen LogP contribution < -0.4 is 5.32 Å². The lowest BCUT2D eigenvalue weighted by molar-refractivity contribution is 0.0840. The third kappa shape index (κ3) is 1.62. The Bertz CT molecular complexity index is 542. The van der Waals surface area contributed by atoms with Crippen molar-refractivity contribution in [2.45, 2.75) is 4.90 Å². The van der Waals surface area contributed by atoms with Crippen molar-refractivity contribution in [1.82, 2.24) is 5.32 Å². The Hall–Kier alpha value is -1.73. The topological polar surface area (TPSA) is 101 Å². The second kappa shape index (κ2) is 2.88. The molecule has 0 aromatic heterocycles. The third-order valence-electron chi connectivity index (χ3n) is 1.96. The number of benzene rings is 1. The summed E-state index contributed by atoms with van der Waals surface area (Å²) in [7, 11) is -4.40. The zero-order chi connectivity index (χ0) is 11.2. The van der Waals surface area contributed by atoms with E-state index in [-0.39, 0.29) is 11.1 Å². The lowest BCUT2D eigenvalue weighted by Gasteiger charge is -2.12. The summed E-state index contributed by atoms with van der Waals surface area (Å²) in [4.78, 5) is 21.8. The van der Waals surface area contributed by atoms with E-state index in [9.17, 15) is 18.0 Å². The van der Waals surface area contributed by atoms with Gasteiger partial charge in [0.1, 0.15) is 0 Å². The van der Waals surface area contributed by atoms with Gasteiger partial charge >= 0.3 is 0 Å². The first-order valence-corrected chi connectivity index (χ1v) is 5.30. The minimum atomic E-state index is -4.40. The zero-order valence-corrected chi connectivity index (χ0v) is 8.04. The van der Waals surface area contributed by atoms with Crippen molar-refractivity contribution in [2.24, 2.45) is 0 Å². The summed E-state index contributed by atoms with van der Waals surface area (Å²) in [5.41, 5.74) is 0.0550. The number of imide groups is 1. The van der Waals surface area contributed by atoms with Crippen LogP contribution in [0.2, 0.25) is 0 Å². The third-order valence-corrected chi connectivity index (χ3v) is 2.79. The fourth-order valence-corrected chi connectivity index (χ4v) is 1.81. The molecule has 1 heterocycles. The molecule has 0 unspecified atom stereocenters. The highest BCUT2D eigenvalue weighted by molar-refractivity contribution is 7.85. The quantitative estimate of drug-likeness (QED) is 0.512. The molecule has 2 bridgehead atoms. The van der Waals surface area contributed by atoms with Crippen LogP contribution in [0.5, 0.6) is 0 Å². The Morgan fingerprint density at radius 1 is 1.00 bits per heavy atom. The maximum atomic E-state index is 11.1. The fraction of sp³-hybridized carbons (Fsp3) is 0. The molecule has 0 radical (unpaired) electrons. The molecule has 0 saturated carbocycles. The molecule has 2 amide bonds. The Kier molecular flexibility index (Phi) is 1.88. The average Bonchev–Trinajstić information content (AvgIpc) is 2.13. The van der Waals surface area contributed by atoms with Crippen LogP contribution in [0.3, 0.4) is 0 Å². The molecule has 0 fully saturated rings. The van der Waals surface area contributed by atoms with E-state index in [2.05, 4.69) is 0 Å². The van der Waals surface area contributed by atoms with E-state index in [4.69, 9.17) is 4.55 Å². The molecule has 0 atom stereocenters. The predicted octanol–water partition coefficient (Wildman–Crippen LogP) is -0.183. The highest BCUT2D eigenvalue weighted by Gasteiger charge is 2.24. The summed E-state index contributed by atoms with van der Waals surface area (Å²) < 4.78 is 30.4. The molecular weight excluding hydrogens is 222 g/mol. The monoisotopic (exact) mass is 227 g/mol. The van der Waals surface area contributed by atoms with Crippen LogP contribution in [0.1, 0.15) is 20.7 Å². The Balaban J connectivity index is 2.73. The standard InChI is InChI=1S/C8H5NO5S/c10-7-4-1-5(8(11)9-7)3-6(2-4)15(12,13)14/h1-3H,(H,9,10,11)(H,12,13,14). The minimum absolute atomic E-state index is 0.0275. The Morgan fingerprint density at radius 3 is 1.87 bits per heavy atom. The van der Waals surface area contributed by atoms with Gasteiger partial charge in [0.25, 0.3) is 21.9 Å². The van der Waals surface area contributed by atoms with Crippen LogP contribution in [0.4, 0.5) is 0 Å². The molecule has 7 heteroatoms. The van der Waals surface area contributed by atoms with Gasteiger partial charge in [0.15, 0.2) is 0 Å². The van der Waals surface area contributed by atoms with Gasteiger partial charge in [-0.1, -0.05) is 0 Å². The molecule has 15 heavy (non-hydrogen) atoms. The van der Waals surface area contributed by atoms with E-state index in [0.29, 0.717) is 0 Å². The van der Waals surface area contributed by atoms with Gasteiger partial charge in [-0.15, -0.1) is 0 Å². The largest absolute Gasteiger partial charge is 0.294 e.